The van der Waals surface area contributed by atoms with Gasteiger partial charge < -0.3 is 24.4 Å². The predicted octanol–water partition coefficient (Wildman–Crippen LogP) is 5.19. The molecule has 1 aromatic carbocycles. The lowest BCUT2D eigenvalue weighted by Crippen LogP contribution is -2.33. The maximum Gasteiger partial charge on any atom is 0.419 e. The van der Waals surface area contributed by atoms with Gasteiger partial charge in [-0.2, -0.15) is 13.2 Å². The van der Waals surface area contributed by atoms with Gasteiger partial charge in [-0.3, -0.25) is 0 Å². The van der Waals surface area contributed by atoms with Gasteiger partial charge in [-0.1, -0.05) is 6.92 Å². The van der Waals surface area contributed by atoms with Gasteiger partial charge in [-0.15, -0.1) is 0 Å². The molecular weight excluding hydrogens is 471 g/mol. The number of nitrogens with zero attached hydrogens (tertiary/aromatic N) is 4. The molecule has 10 heteroatoms. The fourth-order valence-electron chi connectivity index (χ4n) is 4.96. The second-order valence-corrected chi connectivity index (χ2v) is 9.45. The summed E-state index contributed by atoms with van der Waals surface area (Å²) >= 11 is 0. The number of aromatic nitrogens is 3. The van der Waals surface area contributed by atoms with E-state index in [0.717, 1.165) is 51.2 Å². The van der Waals surface area contributed by atoms with Gasteiger partial charge in [0, 0.05) is 17.1 Å². The molecule has 0 aliphatic carbocycles. The summed E-state index contributed by atoms with van der Waals surface area (Å²) in [5.41, 5.74) is 0.419. The third kappa shape index (κ3) is 4.97. The Hall–Kier alpha value is -2.98. The van der Waals surface area contributed by atoms with E-state index in [4.69, 9.17) is 14.9 Å². The van der Waals surface area contributed by atoms with Crippen molar-refractivity contribution in [1.29, 1.82) is 5.41 Å². The molecule has 0 atom stereocenters. The number of piperidine rings is 1. The van der Waals surface area contributed by atoms with Crippen molar-refractivity contribution in [2.45, 2.75) is 38.4 Å². The molecule has 36 heavy (non-hydrogen) atoms. The molecule has 0 radical (unpaired) electrons. The normalized spacial score (nSPS) is 17.9. The maximum absolute atomic E-state index is 14.1. The maximum atomic E-state index is 14.1. The molecule has 2 aliphatic rings. The SMILES string of the molecule is CCN1CCC(CCOc2ccc(-c3nc(C=N)nc4c3ccn4C3COC3)cc2C(F)(F)F)CC1. The van der Waals surface area contributed by atoms with Crippen LogP contribution in [0, 0.1) is 11.3 Å². The fourth-order valence-corrected chi connectivity index (χ4v) is 4.96. The van der Waals surface area contributed by atoms with Crippen LogP contribution in [0.2, 0.25) is 0 Å². The minimum atomic E-state index is -4.58. The fraction of sp³-hybridized carbons (Fsp3) is 0.500. The van der Waals surface area contributed by atoms with Crippen LogP contribution in [0.5, 0.6) is 5.75 Å². The standard InChI is InChI=1S/C26H30F3N5O2/c1-2-33-9-5-17(6-10-33)8-12-36-22-4-3-18(13-21(22)26(27,28)29)24-20-7-11-34(19-15-35-16-19)25(20)32-23(14-30)31-24/h3-4,7,11,13-14,17,19,30H,2,5-6,8-10,12,15-16H2,1H3. The molecule has 5 rings (SSSR count). The Morgan fingerprint density at radius 3 is 2.58 bits per heavy atom. The molecule has 0 spiro atoms. The molecule has 2 aliphatic heterocycles. The van der Waals surface area contributed by atoms with Crippen LogP contribution < -0.4 is 4.74 Å². The number of fused-ring (bicyclic) bond motifs is 1. The first-order valence-corrected chi connectivity index (χ1v) is 12.4. The molecule has 2 aromatic heterocycles. The van der Waals surface area contributed by atoms with Crippen LogP contribution in [0.3, 0.4) is 0 Å². The summed E-state index contributed by atoms with van der Waals surface area (Å²) < 4.78 is 55.1. The van der Waals surface area contributed by atoms with Crippen LogP contribution in [0.1, 0.15) is 43.6 Å². The van der Waals surface area contributed by atoms with E-state index in [1.807, 2.05) is 10.8 Å². The number of hydrogen-bond donors (Lipinski definition) is 1. The molecular formula is C26H30F3N5O2. The molecule has 0 amide bonds. The van der Waals surface area contributed by atoms with Gasteiger partial charge in [0.05, 0.1) is 43.3 Å². The summed E-state index contributed by atoms with van der Waals surface area (Å²) in [6.45, 7) is 6.58. The highest BCUT2D eigenvalue weighted by atomic mass is 19.4. The van der Waals surface area contributed by atoms with Crippen molar-refractivity contribution >= 4 is 17.2 Å². The summed E-state index contributed by atoms with van der Waals surface area (Å²) in [6, 6.07) is 5.99. The zero-order valence-electron chi connectivity index (χ0n) is 20.2. The summed E-state index contributed by atoms with van der Waals surface area (Å²) in [7, 11) is 0. The first-order valence-electron chi connectivity index (χ1n) is 12.4. The summed E-state index contributed by atoms with van der Waals surface area (Å²) in [6.07, 6.45) is 1.11. The number of halogens is 3. The lowest BCUT2D eigenvalue weighted by molar-refractivity contribution is -0.138. The minimum absolute atomic E-state index is 0.111. The average Bonchev–Trinajstić information content (AvgIpc) is 3.25. The van der Waals surface area contributed by atoms with E-state index in [1.165, 1.54) is 6.07 Å². The topological polar surface area (TPSA) is 76.3 Å². The van der Waals surface area contributed by atoms with Gasteiger partial charge >= 0.3 is 6.18 Å². The van der Waals surface area contributed by atoms with Crippen molar-refractivity contribution < 1.29 is 22.6 Å². The van der Waals surface area contributed by atoms with Gasteiger partial charge in [0.1, 0.15) is 11.4 Å². The average molecular weight is 502 g/mol. The first-order chi connectivity index (χ1) is 17.4. The summed E-state index contributed by atoms with van der Waals surface area (Å²) in [4.78, 5) is 11.2. The molecule has 2 saturated heterocycles. The number of nitrogens with one attached hydrogen (secondary N) is 1. The highest BCUT2D eigenvalue weighted by molar-refractivity contribution is 5.93. The Morgan fingerprint density at radius 2 is 1.94 bits per heavy atom. The second kappa shape index (κ2) is 10.2. The van der Waals surface area contributed by atoms with Gasteiger partial charge in [-0.05, 0) is 69.1 Å². The highest BCUT2D eigenvalue weighted by Gasteiger charge is 2.35. The monoisotopic (exact) mass is 501 g/mol. The second-order valence-electron chi connectivity index (χ2n) is 9.45. The molecule has 3 aromatic rings. The number of ether oxygens (including phenoxy) is 2. The lowest BCUT2D eigenvalue weighted by Gasteiger charge is -2.31. The minimum Gasteiger partial charge on any atom is -0.493 e. The quantitative estimate of drug-likeness (QED) is 0.430. The van der Waals surface area contributed by atoms with Crippen molar-refractivity contribution in [3.05, 3.63) is 41.9 Å². The lowest BCUT2D eigenvalue weighted by atomic mass is 9.94. The van der Waals surface area contributed by atoms with Crippen molar-refractivity contribution in [2.75, 3.05) is 39.5 Å². The van der Waals surface area contributed by atoms with Gasteiger partial charge in [0.25, 0.3) is 0 Å². The Bertz CT molecular complexity index is 1230. The van der Waals surface area contributed by atoms with Crippen LogP contribution >= 0.6 is 0 Å². The third-order valence-corrected chi connectivity index (χ3v) is 7.23. The molecule has 0 unspecified atom stereocenters. The number of hydrogen-bond acceptors (Lipinski definition) is 6. The molecule has 192 valence electrons. The van der Waals surface area contributed by atoms with Crippen LogP contribution in [-0.2, 0) is 10.9 Å². The van der Waals surface area contributed by atoms with E-state index < -0.39 is 11.7 Å². The van der Waals surface area contributed by atoms with E-state index in [1.54, 1.807) is 12.1 Å². The molecule has 0 saturated carbocycles. The smallest absolute Gasteiger partial charge is 0.419 e. The van der Waals surface area contributed by atoms with Crippen molar-refractivity contribution in [3.63, 3.8) is 0 Å². The van der Waals surface area contributed by atoms with E-state index in [9.17, 15) is 13.2 Å². The zero-order chi connectivity index (χ0) is 25.3. The van der Waals surface area contributed by atoms with E-state index in [0.29, 0.717) is 41.4 Å². The zero-order valence-corrected chi connectivity index (χ0v) is 20.2. The van der Waals surface area contributed by atoms with Gasteiger partial charge in [0.15, 0.2) is 5.82 Å². The molecule has 4 heterocycles. The number of alkyl halides is 3. The Morgan fingerprint density at radius 1 is 1.17 bits per heavy atom. The summed E-state index contributed by atoms with van der Waals surface area (Å²) in [5.74, 6) is 0.445. The van der Waals surface area contributed by atoms with Crippen LogP contribution in [-0.4, -0.2) is 65.1 Å². The largest absolute Gasteiger partial charge is 0.493 e. The van der Waals surface area contributed by atoms with E-state index in [-0.39, 0.29) is 24.2 Å². The van der Waals surface area contributed by atoms with Gasteiger partial charge in [-0.25, -0.2) is 9.97 Å². The Balaban J connectivity index is 1.41. The predicted molar refractivity (Wildman–Crippen MR) is 131 cm³/mol. The molecule has 0 bridgehead atoms. The third-order valence-electron chi connectivity index (χ3n) is 7.23. The summed E-state index contributed by atoms with van der Waals surface area (Å²) in [5, 5.41) is 8.27. The van der Waals surface area contributed by atoms with Crippen LogP contribution in [0.15, 0.2) is 30.5 Å². The highest BCUT2D eigenvalue weighted by Crippen LogP contribution is 2.40. The van der Waals surface area contributed by atoms with Crippen LogP contribution in [0.4, 0.5) is 13.2 Å². The molecule has 2 fully saturated rings. The number of likely N-dealkylation sites (tertiary alicyclic amines) is 1. The van der Waals surface area contributed by atoms with Crippen molar-refractivity contribution in [2.24, 2.45) is 5.92 Å². The molecule has 7 nitrogen and oxygen atoms in total. The first kappa shape index (κ1) is 24.7. The molecule has 1 N–H and O–H groups in total. The van der Waals surface area contributed by atoms with Crippen LogP contribution in [0.25, 0.3) is 22.3 Å². The van der Waals surface area contributed by atoms with Crippen molar-refractivity contribution in [3.8, 4) is 17.0 Å². The Kier molecular flexibility index (Phi) is 6.98. The number of benzene rings is 1. The Labute approximate surface area is 207 Å². The van der Waals surface area contributed by atoms with Gasteiger partial charge in [0.2, 0.25) is 0 Å². The number of rotatable bonds is 8. The van der Waals surface area contributed by atoms with E-state index >= 15 is 0 Å². The van der Waals surface area contributed by atoms with E-state index in [2.05, 4.69) is 21.8 Å². The van der Waals surface area contributed by atoms with Crippen molar-refractivity contribution in [1.82, 2.24) is 19.4 Å².